The molecule has 0 aliphatic heterocycles. The lowest BCUT2D eigenvalue weighted by atomic mass is 9.44. The zero-order valence-corrected chi connectivity index (χ0v) is 9.49. The third-order valence-corrected chi connectivity index (χ3v) is 4.72. The van der Waals surface area contributed by atoms with Crippen LogP contribution in [0.15, 0.2) is 0 Å². The van der Waals surface area contributed by atoms with Crippen LogP contribution in [0.2, 0.25) is 0 Å². The maximum absolute atomic E-state index is 11.8. The van der Waals surface area contributed by atoms with E-state index in [1.54, 1.807) is 0 Å². The minimum atomic E-state index is -1.05. The van der Waals surface area contributed by atoms with Crippen LogP contribution in [0.3, 0.4) is 0 Å². The van der Waals surface area contributed by atoms with Crippen LogP contribution in [0.4, 0.5) is 0 Å². The van der Waals surface area contributed by atoms with Crippen molar-refractivity contribution < 1.29 is 20.1 Å². The Labute approximate surface area is 94.3 Å². The van der Waals surface area contributed by atoms with E-state index in [0.29, 0.717) is 38.5 Å². The first kappa shape index (κ1) is 10.7. The highest BCUT2D eigenvalue weighted by Crippen LogP contribution is 2.64. The molecule has 0 aromatic rings. The van der Waals surface area contributed by atoms with Crippen molar-refractivity contribution in [3.8, 4) is 0 Å². The number of ketones is 1. The lowest BCUT2D eigenvalue weighted by Crippen LogP contribution is -2.70. The summed E-state index contributed by atoms with van der Waals surface area (Å²) in [5, 5.41) is 31.1. The Morgan fingerprint density at radius 1 is 0.812 bits per heavy atom. The Balaban J connectivity index is 2.11. The third kappa shape index (κ3) is 1.24. The smallest absolute Gasteiger partial charge is 0.136 e. The van der Waals surface area contributed by atoms with Gasteiger partial charge in [0.05, 0.1) is 16.8 Å². The van der Waals surface area contributed by atoms with E-state index in [1.807, 2.05) is 0 Å². The normalized spacial score (nSPS) is 59.0. The standard InChI is InChI=1S/C12H18O4/c1-8(13)9-2-10(14)5-11(15,3-9)7-12(16,4-9)6-10/h14-16H,2-7H2,1H3. The van der Waals surface area contributed by atoms with Crippen LogP contribution in [0.5, 0.6) is 0 Å². The summed E-state index contributed by atoms with van der Waals surface area (Å²) in [6.45, 7) is 1.50. The van der Waals surface area contributed by atoms with Crippen LogP contribution in [-0.4, -0.2) is 37.9 Å². The third-order valence-electron chi connectivity index (χ3n) is 4.72. The topological polar surface area (TPSA) is 77.8 Å². The van der Waals surface area contributed by atoms with Crippen molar-refractivity contribution in [1.29, 1.82) is 0 Å². The Morgan fingerprint density at radius 3 is 1.38 bits per heavy atom. The lowest BCUT2D eigenvalue weighted by molar-refractivity contribution is -0.274. The minimum absolute atomic E-state index is 0.0122. The summed E-state index contributed by atoms with van der Waals surface area (Å²) < 4.78 is 0. The largest absolute Gasteiger partial charge is 0.390 e. The predicted octanol–water partition coefficient (Wildman–Crippen LogP) is 0.136. The Kier molecular flexibility index (Phi) is 1.68. The SMILES string of the molecule is CC(=O)C12CC3(O)CC(O)(CC(O)(C3)C1)C2. The van der Waals surface area contributed by atoms with E-state index in [0.717, 1.165) is 0 Å². The van der Waals surface area contributed by atoms with Gasteiger partial charge in [0.2, 0.25) is 0 Å². The maximum Gasteiger partial charge on any atom is 0.136 e. The molecule has 4 heteroatoms. The molecule has 90 valence electrons. The molecule has 4 bridgehead atoms. The van der Waals surface area contributed by atoms with Gasteiger partial charge in [-0.25, -0.2) is 0 Å². The average molecular weight is 226 g/mol. The van der Waals surface area contributed by atoms with E-state index >= 15 is 0 Å². The summed E-state index contributed by atoms with van der Waals surface area (Å²) in [5.74, 6) is -0.0122. The van der Waals surface area contributed by atoms with Crippen LogP contribution in [0, 0.1) is 5.41 Å². The average Bonchev–Trinajstić information content (AvgIpc) is 1.92. The Morgan fingerprint density at radius 2 is 1.12 bits per heavy atom. The van der Waals surface area contributed by atoms with Crippen LogP contribution in [0.25, 0.3) is 0 Å². The molecule has 0 saturated heterocycles. The van der Waals surface area contributed by atoms with Crippen molar-refractivity contribution in [2.75, 3.05) is 0 Å². The maximum atomic E-state index is 11.8. The number of aliphatic hydroxyl groups is 3. The second-order valence-electron chi connectivity index (χ2n) is 6.57. The van der Waals surface area contributed by atoms with E-state index < -0.39 is 22.2 Å². The zero-order chi connectivity index (χ0) is 11.8. The van der Waals surface area contributed by atoms with Gasteiger partial charge in [0.25, 0.3) is 0 Å². The van der Waals surface area contributed by atoms with Crippen molar-refractivity contribution >= 4 is 5.78 Å². The summed E-state index contributed by atoms with van der Waals surface area (Å²) in [6, 6.07) is 0. The van der Waals surface area contributed by atoms with Gasteiger partial charge in [-0.15, -0.1) is 0 Å². The number of carbonyl (C=O) groups is 1. The molecule has 0 spiro atoms. The van der Waals surface area contributed by atoms with Crippen molar-refractivity contribution in [3.63, 3.8) is 0 Å². The van der Waals surface area contributed by atoms with Crippen molar-refractivity contribution in [2.45, 2.75) is 62.3 Å². The molecule has 16 heavy (non-hydrogen) atoms. The van der Waals surface area contributed by atoms with Crippen LogP contribution < -0.4 is 0 Å². The van der Waals surface area contributed by atoms with Gasteiger partial charge in [-0.05, 0) is 26.2 Å². The summed E-state index contributed by atoms with van der Waals surface area (Å²) in [4.78, 5) is 11.8. The number of hydrogen-bond donors (Lipinski definition) is 3. The van der Waals surface area contributed by atoms with Gasteiger partial charge in [-0.2, -0.15) is 0 Å². The molecule has 0 aromatic carbocycles. The quantitative estimate of drug-likeness (QED) is 0.594. The molecule has 4 rings (SSSR count). The molecule has 0 atom stereocenters. The van der Waals surface area contributed by atoms with Crippen LogP contribution in [-0.2, 0) is 4.79 Å². The van der Waals surface area contributed by atoms with E-state index in [9.17, 15) is 20.1 Å². The summed E-state index contributed by atoms with van der Waals surface area (Å²) in [5.41, 5.74) is -3.86. The van der Waals surface area contributed by atoms with E-state index in [1.165, 1.54) is 6.92 Å². The van der Waals surface area contributed by atoms with Gasteiger partial charge in [0, 0.05) is 24.7 Å². The molecule has 0 aromatic heterocycles. The monoisotopic (exact) mass is 226 g/mol. The molecular formula is C12H18O4. The van der Waals surface area contributed by atoms with Gasteiger partial charge in [-0.3, -0.25) is 4.79 Å². The molecule has 4 nitrogen and oxygen atoms in total. The van der Waals surface area contributed by atoms with Crippen molar-refractivity contribution in [3.05, 3.63) is 0 Å². The molecule has 4 aliphatic carbocycles. The van der Waals surface area contributed by atoms with Gasteiger partial charge in [0.15, 0.2) is 0 Å². The van der Waals surface area contributed by atoms with E-state index in [2.05, 4.69) is 0 Å². The number of rotatable bonds is 1. The van der Waals surface area contributed by atoms with Crippen LogP contribution in [0.1, 0.15) is 45.4 Å². The van der Waals surface area contributed by atoms with Gasteiger partial charge in [-0.1, -0.05) is 0 Å². The van der Waals surface area contributed by atoms with Crippen molar-refractivity contribution in [2.24, 2.45) is 5.41 Å². The molecule has 0 amide bonds. The molecule has 0 heterocycles. The summed E-state index contributed by atoms with van der Waals surface area (Å²) in [6.07, 6.45) is 2.12. The first-order valence-electron chi connectivity index (χ1n) is 5.87. The van der Waals surface area contributed by atoms with Gasteiger partial charge < -0.3 is 15.3 Å². The zero-order valence-electron chi connectivity index (χ0n) is 9.49. The van der Waals surface area contributed by atoms with Crippen molar-refractivity contribution in [1.82, 2.24) is 0 Å². The Hall–Kier alpha value is -0.450. The van der Waals surface area contributed by atoms with E-state index in [-0.39, 0.29) is 5.78 Å². The van der Waals surface area contributed by atoms with Gasteiger partial charge >= 0.3 is 0 Å². The molecular weight excluding hydrogens is 208 g/mol. The first-order valence-corrected chi connectivity index (χ1v) is 5.87. The first-order chi connectivity index (χ1) is 7.19. The fourth-order valence-electron chi connectivity index (χ4n) is 4.85. The fourth-order valence-corrected chi connectivity index (χ4v) is 4.85. The summed E-state index contributed by atoms with van der Waals surface area (Å²) >= 11 is 0. The van der Waals surface area contributed by atoms with E-state index in [4.69, 9.17) is 0 Å². The highest BCUT2D eigenvalue weighted by molar-refractivity contribution is 5.83. The highest BCUT2D eigenvalue weighted by atomic mass is 16.3. The molecule has 0 unspecified atom stereocenters. The Bertz CT molecular complexity index is 322. The summed E-state index contributed by atoms with van der Waals surface area (Å²) in [7, 11) is 0. The fraction of sp³-hybridized carbons (Fsp3) is 0.917. The molecule has 4 aliphatic rings. The number of Topliss-reactive ketones (excluding diaryl/α,β-unsaturated/α-hetero) is 1. The molecule has 0 radical (unpaired) electrons. The minimum Gasteiger partial charge on any atom is -0.390 e. The highest BCUT2D eigenvalue weighted by Gasteiger charge is 2.68. The predicted molar refractivity (Wildman–Crippen MR) is 55.7 cm³/mol. The molecule has 3 N–H and O–H groups in total. The second kappa shape index (κ2) is 2.52. The number of hydrogen-bond acceptors (Lipinski definition) is 4. The van der Waals surface area contributed by atoms with Crippen LogP contribution >= 0.6 is 0 Å². The molecule has 4 saturated carbocycles. The number of carbonyl (C=O) groups excluding carboxylic acids is 1. The second-order valence-corrected chi connectivity index (χ2v) is 6.57. The van der Waals surface area contributed by atoms with Gasteiger partial charge in [0.1, 0.15) is 5.78 Å². The molecule has 4 fully saturated rings. The lowest BCUT2D eigenvalue weighted by Gasteiger charge is -2.65.